The summed E-state index contributed by atoms with van der Waals surface area (Å²) in [6, 6.07) is 19.5. The number of aryl methyl sites for hydroxylation is 1. The van der Waals surface area contributed by atoms with Gasteiger partial charge in [0.05, 0.1) is 17.3 Å². The predicted molar refractivity (Wildman–Crippen MR) is 126 cm³/mol. The molecule has 4 aromatic rings. The normalized spacial score (nSPS) is 15.4. The van der Waals surface area contributed by atoms with Crippen molar-refractivity contribution in [3.05, 3.63) is 106 Å². The van der Waals surface area contributed by atoms with Gasteiger partial charge in [-0.25, -0.2) is 9.02 Å². The van der Waals surface area contributed by atoms with Gasteiger partial charge >= 0.3 is 0 Å². The van der Waals surface area contributed by atoms with Crippen LogP contribution in [0.15, 0.2) is 71.4 Å². The first-order chi connectivity index (χ1) is 17.1. The molecule has 0 aliphatic carbocycles. The quantitative estimate of drug-likeness (QED) is 0.374. The number of carbonyl (C=O) groups is 1. The lowest BCUT2D eigenvalue weighted by Gasteiger charge is -2.25. The van der Waals surface area contributed by atoms with Gasteiger partial charge in [-0.3, -0.25) is 9.78 Å². The van der Waals surface area contributed by atoms with E-state index in [0.29, 0.717) is 41.2 Å². The van der Waals surface area contributed by atoms with Crippen molar-refractivity contribution < 1.29 is 18.6 Å². The molecule has 0 bridgehead atoms. The van der Waals surface area contributed by atoms with Crippen molar-refractivity contribution >= 4 is 5.91 Å². The zero-order valence-electron chi connectivity index (χ0n) is 19.4. The first kappa shape index (κ1) is 22.7. The molecule has 8 heteroatoms. The van der Waals surface area contributed by atoms with Gasteiger partial charge in [-0.1, -0.05) is 46.7 Å². The largest absolute Gasteiger partial charge is 0.486 e. The highest BCUT2D eigenvalue weighted by Crippen LogP contribution is 2.34. The fourth-order valence-electron chi connectivity index (χ4n) is 4.39. The van der Waals surface area contributed by atoms with Crippen LogP contribution in [0.25, 0.3) is 0 Å². The van der Waals surface area contributed by atoms with E-state index in [9.17, 15) is 9.18 Å². The fourth-order valence-corrected chi connectivity index (χ4v) is 4.39. The molecular formula is C27H25FN4O3. The highest BCUT2D eigenvalue weighted by atomic mass is 19.1. The van der Waals surface area contributed by atoms with Gasteiger partial charge in [-0.05, 0) is 55.7 Å². The lowest BCUT2D eigenvalue weighted by Crippen LogP contribution is -2.31. The van der Waals surface area contributed by atoms with Crippen LogP contribution in [0.1, 0.15) is 57.6 Å². The van der Waals surface area contributed by atoms with E-state index in [1.807, 2.05) is 41.3 Å². The first-order valence-corrected chi connectivity index (χ1v) is 11.6. The lowest BCUT2D eigenvalue weighted by atomic mass is 10.1. The molecule has 1 saturated heterocycles. The number of ether oxygens (including phenoxy) is 1. The fraction of sp³-hybridized carbons (Fsp3) is 0.259. The molecule has 2 aromatic carbocycles. The van der Waals surface area contributed by atoms with Crippen LogP contribution in [0, 0.1) is 12.7 Å². The van der Waals surface area contributed by atoms with Crippen molar-refractivity contribution in [1.82, 2.24) is 20.2 Å². The van der Waals surface area contributed by atoms with Gasteiger partial charge in [0.25, 0.3) is 5.91 Å². The second-order valence-corrected chi connectivity index (χ2v) is 8.56. The van der Waals surface area contributed by atoms with E-state index in [0.717, 1.165) is 24.2 Å². The van der Waals surface area contributed by atoms with Crippen LogP contribution < -0.4 is 4.74 Å². The van der Waals surface area contributed by atoms with E-state index < -0.39 is 0 Å². The summed E-state index contributed by atoms with van der Waals surface area (Å²) in [7, 11) is 0. The second-order valence-electron chi connectivity index (χ2n) is 8.56. The molecule has 35 heavy (non-hydrogen) atoms. The Bertz CT molecular complexity index is 1340. The van der Waals surface area contributed by atoms with Gasteiger partial charge in [0.15, 0.2) is 0 Å². The lowest BCUT2D eigenvalue weighted by molar-refractivity contribution is 0.0727. The van der Waals surface area contributed by atoms with Crippen LogP contribution in [0.4, 0.5) is 4.39 Å². The maximum absolute atomic E-state index is 14.1. The maximum atomic E-state index is 14.1. The first-order valence-electron chi connectivity index (χ1n) is 11.6. The highest BCUT2D eigenvalue weighted by molar-refractivity contribution is 5.97. The minimum absolute atomic E-state index is 0.112. The maximum Gasteiger partial charge on any atom is 0.258 e. The Morgan fingerprint density at radius 3 is 2.74 bits per heavy atom. The van der Waals surface area contributed by atoms with Crippen LogP contribution in [0.2, 0.25) is 0 Å². The highest BCUT2D eigenvalue weighted by Gasteiger charge is 2.33. The summed E-state index contributed by atoms with van der Waals surface area (Å²) >= 11 is 0. The summed E-state index contributed by atoms with van der Waals surface area (Å²) in [5, 5.41) is 7.60. The minimum Gasteiger partial charge on any atom is -0.486 e. The van der Waals surface area contributed by atoms with Gasteiger partial charge in [0.1, 0.15) is 29.6 Å². The molecule has 1 atom stereocenters. The molecule has 1 aliphatic heterocycles. The summed E-state index contributed by atoms with van der Waals surface area (Å²) in [4.78, 5) is 20.3. The number of likely N-dealkylation sites (tertiary alicyclic amines) is 1. The number of benzene rings is 2. The van der Waals surface area contributed by atoms with Gasteiger partial charge < -0.3 is 9.64 Å². The van der Waals surface area contributed by atoms with Crippen LogP contribution >= 0.6 is 0 Å². The molecule has 1 fully saturated rings. The number of para-hydroxylation sites is 1. The monoisotopic (exact) mass is 472 g/mol. The molecule has 1 aliphatic rings. The van der Waals surface area contributed by atoms with E-state index in [1.54, 1.807) is 31.2 Å². The molecular weight excluding hydrogens is 447 g/mol. The van der Waals surface area contributed by atoms with Gasteiger partial charge in [0, 0.05) is 18.7 Å². The van der Waals surface area contributed by atoms with Gasteiger partial charge in [0.2, 0.25) is 0 Å². The van der Waals surface area contributed by atoms with E-state index in [2.05, 4.69) is 10.3 Å². The number of rotatable bonds is 7. The van der Waals surface area contributed by atoms with E-state index in [4.69, 9.17) is 14.3 Å². The van der Waals surface area contributed by atoms with Crippen molar-refractivity contribution in [3.8, 4) is 5.75 Å². The third-order valence-corrected chi connectivity index (χ3v) is 6.24. The molecule has 0 N–H and O–H groups in total. The Hall–Kier alpha value is -4.07. The summed E-state index contributed by atoms with van der Waals surface area (Å²) in [6.07, 6.45) is 2.09. The van der Waals surface area contributed by atoms with Crippen molar-refractivity contribution in [2.45, 2.75) is 38.8 Å². The molecule has 0 spiro atoms. The minimum atomic E-state index is -0.245. The number of halogens is 1. The van der Waals surface area contributed by atoms with Crippen molar-refractivity contribution in [2.75, 3.05) is 6.54 Å². The van der Waals surface area contributed by atoms with Gasteiger partial charge in [-0.15, -0.1) is 0 Å². The van der Waals surface area contributed by atoms with E-state index >= 15 is 0 Å². The smallest absolute Gasteiger partial charge is 0.258 e. The number of pyridine rings is 1. The Balaban J connectivity index is 1.35. The van der Waals surface area contributed by atoms with E-state index in [-0.39, 0.29) is 24.4 Å². The van der Waals surface area contributed by atoms with Crippen LogP contribution in [0.5, 0.6) is 5.75 Å². The SMILES string of the molecule is Cc1nonc1COc1ccccc1C(=O)N1CCC[C@H]1c1cccc(Cc2ccccc2F)n1. The van der Waals surface area contributed by atoms with E-state index in [1.165, 1.54) is 6.07 Å². The number of hydrogen-bond acceptors (Lipinski definition) is 6. The molecule has 3 heterocycles. The number of carbonyl (C=O) groups excluding carboxylic acids is 1. The van der Waals surface area contributed by atoms with Crippen molar-refractivity contribution in [1.29, 1.82) is 0 Å². The van der Waals surface area contributed by atoms with Crippen LogP contribution in [0.3, 0.4) is 0 Å². The van der Waals surface area contributed by atoms with Crippen LogP contribution in [-0.2, 0) is 13.0 Å². The molecule has 5 rings (SSSR count). The summed E-state index contributed by atoms with van der Waals surface area (Å²) in [5.41, 5.74) is 3.90. The topological polar surface area (TPSA) is 81.3 Å². The Morgan fingerprint density at radius 2 is 1.91 bits per heavy atom. The Morgan fingerprint density at radius 1 is 1.09 bits per heavy atom. The second kappa shape index (κ2) is 10.0. The van der Waals surface area contributed by atoms with Gasteiger partial charge in [-0.2, -0.15) is 0 Å². The molecule has 2 aromatic heterocycles. The number of aromatic nitrogens is 3. The number of nitrogens with zero attached hydrogens (tertiary/aromatic N) is 4. The summed E-state index contributed by atoms with van der Waals surface area (Å²) in [6.45, 7) is 2.57. The zero-order valence-corrected chi connectivity index (χ0v) is 19.4. The number of hydrogen-bond donors (Lipinski definition) is 0. The Kier molecular flexibility index (Phi) is 6.52. The summed E-state index contributed by atoms with van der Waals surface area (Å²) in [5.74, 6) is 0.122. The van der Waals surface area contributed by atoms with Crippen molar-refractivity contribution in [3.63, 3.8) is 0 Å². The molecule has 0 saturated carbocycles. The van der Waals surface area contributed by atoms with Crippen molar-refractivity contribution in [2.24, 2.45) is 0 Å². The standard InChI is InChI=1S/C27H25FN4O3/c1-18-24(31-35-30-18)17-34-26-14-5-3-10-21(26)27(33)32-15-7-13-25(32)23-12-6-9-20(29-23)16-19-8-2-4-11-22(19)28/h2-6,8-12,14,25H,7,13,15-17H2,1H3/t25-/m0/s1. The third kappa shape index (κ3) is 4.91. The molecule has 1 amide bonds. The predicted octanol–water partition coefficient (Wildman–Crippen LogP) is 5.06. The molecule has 0 unspecified atom stereocenters. The average molecular weight is 473 g/mol. The molecule has 7 nitrogen and oxygen atoms in total. The third-order valence-electron chi connectivity index (χ3n) is 6.24. The Labute approximate surface area is 202 Å². The number of amides is 1. The van der Waals surface area contributed by atoms with Crippen LogP contribution in [-0.4, -0.2) is 32.6 Å². The molecule has 0 radical (unpaired) electrons. The average Bonchev–Trinajstić information content (AvgIpc) is 3.53. The molecule has 178 valence electrons. The summed E-state index contributed by atoms with van der Waals surface area (Å²) < 4.78 is 24.8. The zero-order chi connectivity index (χ0) is 24.2.